The van der Waals surface area contributed by atoms with Crippen molar-refractivity contribution in [2.24, 2.45) is 5.41 Å². The van der Waals surface area contributed by atoms with Gasteiger partial charge in [0.25, 0.3) is 0 Å². The van der Waals surface area contributed by atoms with Gasteiger partial charge in [-0.1, -0.05) is 67.6 Å². The summed E-state index contributed by atoms with van der Waals surface area (Å²) in [6.45, 7) is 3.08. The first-order chi connectivity index (χ1) is 19.4. The summed E-state index contributed by atoms with van der Waals surface area (Å²) in [7, 11) is 0. The zero-order chi connectivity index (χ0) is 28.0. The van der Waals surface area contributed by atoms with Gasteiger partial charge in [0.15, 0.2) is 5.82 Å². The second kappa shape index (κ2) is 12.4. The Morgan fingerprint density at radius 1 is 1.00 bits per heavy atom. The number of rotatable bonds is 9. The summed E-state index contributed by atoms with van der Waals surface area (Å²) in [5.74, 6) is -1.05. The summed E-state index contributed by atoms with van der Waals surface area (Å²) in [5, 5.41) is 2.22. The number of carbonyl (C=O) groups excluding carboxylic acids is 1. The van der Waals surface area contributed by atoms with E-state index in [4.69, 9.17) is 23.9 Å². The average Bonchev–Trinajstić information content (AvgIpc) is 3.41. The van der Waals surface area contributed by atoms with E-state index < -0.39 is 29.4 Å². The Morgan fingerprint density at radius 3 is 2.35 bits per heavy atom. The highest BCUT2D eigenvalue weighted by atomic mass is 19.1. The fourth-order valence-electron chi connectivity index (χ4n) is 4.26. The molecule has 1 aliphatic heterocycles. The minimum absolute atomic E-state index is 0.0496. The Morgan fingerprint density at radius 2 is 1.68 bits per heavy atom. The van der Waals surface area contributed by atoms with Crippen molar-refractivity contribution in [1.29, 1.82) is 0 Å². The third-order valence-corrected chi connectivity index (χ3v) is 6.30. The molecule has 0 atom stereocenters. The maximum Gasteiger partial charge on any atom is 0.411 e. The summed E-state index contributed by atoms with van der Waals surface area (Å²) >= 11 is 0. The van der Waals surface area contributed by atoms with Gasteiger partial charge in [0.05, 0.1) is 43.5 Å². The van der Waals surface area contributed by atoms with Crippen LogP contribution in [0.3, 0.4) is 0 Å². The lowest BCUT2D eigenvalue weighted by Gasteiger charge is -2.36. The van der Waals surface area contributed by atoms with Crippen LogP contribution in [-0.2, 0) is 18.9 Å². The topological polar surface area (TPSA) is 94.7 Å². The molecule has 0 aliphatic carbocycles. The van der Waals surface area contributed by atoms with E-state index in [1.54, 1.807) is 0 Å². The van der Waals surface area contributed by atoms with E-state index in [1.807, 2.05) is 67.6 Å². The zero-order valence-corrected chi connectivity index (χ0v) is 21.9. The van der Waals surface area contributed by atoms with Crippen LogP contribution in [0.5, 0.6) is 0 Å². The molecule has 0 radical (unpaired) electrons. The lowest BCUT2D eigenvalue weighted by molar-refractivity contribution is -0.242. The summed E-state index contributed by atoms with van der Waals surface area (Å²) in [6.07, 6.45) is -1.53. The summed E-state index contributed by atoms with van der Waals surface area (Å²) in [4.78, 5) is 20.1. The molecule has 0 spiro atoms. The normalized spacial score (nSPS) is 18.8. The molecule has 0 unspecified atom stereocenters. The van der Waals surface area contributed by atoms with Crippen LogP contribution in [0.15, 0.2) is 78.9 Å². The van der Waals surface area contributed by atoms with E-state index in [0.29, 0.717) is 31.7 Å². The third-order valence-electron chi connectivity index (χ3n) is 6.30. The summed E-state index contributed by atoms with van der Waals surface area (Å²) in [6, 6.07) is 22.7. The van der Waals surface area contributed by atoms with Gasteiger partial charge in [-0.15, -0.1) is 0 Å². The monoisotopic (exact) mass is 549 g/mol. The van der Waals surface area contributed by atoms with Gasteiger partial charge in [0.1, 0.15) is 18.2 Å². The molecule has 2 heterocycles. The van der Waals surface area contributed by atoms with Gasteiger partial charge in [0, 0.05) is 22.6 Å². The van der Waals surface area contributed by atoms with Crippen LogP contribution in [0.2, 0.25) is 0 Å². The van der Waals surface area contributed by atoms with Crippen molar-refractivity contribution in [3.8, 4) is 22.5 Å². The van der Waals surface area contributed by atoms with E-state index in [0.717, 1.165) is 34.6 Å². The smallest absolute Gasteiger partial charge is 0.411 e. The van der Waals surface area contributed by atoms with Crippen LogP contribution in [0.25, 0.3) is 22.5 Å². The number of aromatic nitrogens is 2. The Balaban J connectivity index is 1.12. The van der Waals surface area contributed by atoms with E-state index >= 15 is 0 Å². The first kappa shape index (κ1) is 27.4. The Hall–Kier alpha value is -4.12. The molecule has 1 aromatic heterocycles. The lowest BCUT2D eigenvalue weighted by Crippen LogP contribution is -2.40. The van der Waals surface area contributed by atoms with Gasteiger partial charge in [-0.3, -0.25) is 5.32 Å². The van der Waals surface area contributed by atoms with Crippen molar-refractivity contribution in [3.63, 3.8) is 0 Å². The molecule has 2 N–H and O–H groups in total. The number of carbonyl (C=O) groups is 1. The SMILES string of the molecule is C[C@]1(COCCOC(=O)Nc2ccc(F)cc2F)CO[C@@H](c2nc(-c3ccccc3)c(-c3ccccc3)[nH]2)OC1. The molecule has 3 aromatic carbocycles. The van der Waals surface area contributed by atoms with Crippen LogP contribution in [-0.4, -0.2) is 49.1 Å². The van der Waals surface area contributed by atoms with E-state index in [1.165, 1.54) is 0 Å². The van der Waals surface area contributed by atoms with E-state index in [-0.39, 0.29) is 18.9 Å². The average molecular weight is 550 g/mol. The maximum absolute atomic E-state index is 13.6. The van der Waals surface area contributed by atoms with Gasteiger partial charge >= 0.3 is 6.09 Å². The molecular weight excluding hydrogens is 520 g/mol. The number of halogens is 2. The van der Waals surface area contributed by atoms with Crippen LogP contribution in [0.4, 0.5) is 19.3 Å². The molecule has 1 amide bonds. The highest BCUT2D eigenvalue weighted by Crippen LogP contribution is 2.35. The predicted molar refractivity (Wildman–Crippen MR) is 144 cm³/mol. The number of imidazole rings is 1. The molecule has 10 heteroatoms. The molecule has 1 aliphatic rings. The highest BCUT2D eigenvalue weighted by Gasteiger charge is 2.35. The van der Waals surface area contributed by atoms with Crippen LogP contribution in [0, 0.1) is 17.0 Å². The molecule has 4 aromatic rings. The van der Waals surface area contributed by atoms with Crippen molar-refractivity contribution < 1.29 is 32.5 Å². The molecule has 40 heavy (non-hydrogen) atoms. The maximum atomic E-state index is 13.6. The predicted octanol–water partition coefficient (Wildman–Crippen LogP) is 6.34. The van der Waals surface area contributed by atoms with Crippen molar-refractivity contribution >= 4 is 11.8 Å². The number of amides is 1. The number of benzene rings is 3. The second-order valence-corrected chi connectivity index (χ2v) is 9.78. The van der Waals surface area contributed by atoms with E-state index in [2.05, 4.69) is 10.3 Å². The standard InChI is InChI=1S/C30H29F2N3O5/c1-30(17-37-14-15-38-29(36)33-24-13-12-22(31)16-23(24)32)18-39-28(40-19-30)27-34-25(20-8-4-2-5-9-20)26(35-27)21-10-6-3-7-11-21/h2-13,16,28H,14-15,17-19H2,1H3,(H,33,36)(H,34,35)/t28-,30+. The molecule has 0 saturated carbocycles. The number of anilines is 1. The second-order valence-electron chi connectivity index (χ2n) is 9.78. The van der Waals surface area contributed by atoms with Crippen molar-refractivity contribution in [2.75, 3.05) is 38.4 Å². The number of H-pyrrole nitrogens is 1. The number of nitrogens with zero attached hydrogens (tertiary/aromatic N) is 1. The van der Waals surface area contributed by atoms with Gasteiger partial charge in [0.2, 0.25) is 6.29 Å². The lowest BCUT2D eigenvalue weighted by atomic mass is 9.93. The first-order valence-electron chi connectivity index (χ1n) is 12.8. The molecule has 8 nitrogen and oxygen atoms in total. The number of ether oxygens (including phenoxy) is 4. The molecule has 1 fully saturated rings. The number of hydrogen-bond donors (Lipinski definition) is 2. The summed E-state index contributed by atoms with van der Waals surface area (Å²) < 4.78 is 49.4. The molecule has 5 rings (SSSR count). The van der Waals surface area contributed by atoms with Crippen LogP contribution in [0.1, 0.15) is 19.0 Å². The minimum Gasteiger partial charge on any atom is -0.447 e. The fraction of sp³-hybridized carbons (Fsp3) is 0.267. The quantitative estimate of drug-likeness (QED) is 0.237. The van der Waals surface area contributed by atoms with Gasteiger partial charge < -0.3 is 23.9 Å². The van der Waals surface area contributed by atoms with Crippen LogP contribution >= 0.6 is 0 Å². The molecule has 0 bridgehead atoms. The first-order valence-corrected chi connectivity index (χ1v) is 12.8. The van der Waals surface area contributed by atoms with Crippen molar-refractivity contribution in [3.05, 3.63) is 96.3 Å². The molecular formula is C30H29F2N3O5. The number of aromatic amines is 1. The zero-order valence-electron chi connectivity index (χ0n) is 21.9. The van der Waals surface area contributed by atoms with Crippen LogP contribution < -0.4 is 5.32 Å². The highest BCUT2D eigenvalue weighted by molar-refractivity contribution is 5.84. The van der Waals surface area contributed by atoms with Gasteiger partial charge in [-0.2, -0.15) is 0 Å². The van der Waals surface area contributed by atoms with Gasteiger partial charge in [-0.05, 0) is 12.1 Å². The Bertz CT molecular complexity index is 1370. The molecule has 208 valence electrons. The van der Waals surface area contributed by atoms with Crippen molar-refractivity contribution in [2.45, 2.75) is 13.2 Å². The fourth-order valence-corrected chi connectivity index (χ4v) is 4.26. The molecule has 1 saturated heterocycles. The Labute approximate surface area is 230 Å². The van der Waals surface area contributed by atoms with Crippen molar-refractivity contribution in [1.82, 2.24) is 9.97 Å². The number of nitrogens with one attached hydrogen (secondary N) is 2. The van der Waals surface area contributed by atoms with Gasteiger partial charge in [-0.25, -0.2) is 18.6 Å². The summed E-state index contributed by atoms with van der Waals surface area (Å²) in [5.41, 5.74) is 3.10. The third kappa shape index (κ3) is 6.71. The van der Waals surface area contributed by atoms with E-state index in [9.17, 15) is 13.6 Å². The largest absolute Gasteiger partial charge is 0.447 e. The number of hydrogen-bond acceptors (Lipinski definition) is 6. The Kier molecular flexibility index (Phi) is 8.49. The minimum atomic E-state index is -0.890.